The van der Waals surface area contributed by atoms with Crippen LogP contribution in [0.1, 0.15) is 79.1 Å². The summed E-state index contributed by atoms with van der Waals surface area (Å²) in [6.45, 7) is 12.9. The van der Waals surface area contributed by atoms with Gasteiger partial charge in [-0.1, -0.05) is 62.0 Å². The van der Waals surface area contributed by atoms with Gasteiger partial charge in [-0.05, 0) is 25.7 Å². The summed E-state index contributed by atoms with van der Waals surface area (Å²) < 4.78 is 1.27. The third kappa shape index (κ3) is 23.6. The molecular weight excluding hydrogens is 564 g/mol. The van der Waals surface area contributed by atoms with Crippen LogP contribution in [0.15, 0.2) is 0 Å². The zero-order chi connectivity index (χ0) is 18.8. The summed E-state index contributed by atoms with van der Waals surface area (Å²) in [5, 5.41) is 0. The molecule has 26 heavy (non-hydrogen) atoms. The third-order valence-corrected chi connectivity index (χ3v) is 4.68. The molecule has 0 aromatic heterocycles. The van der Waals surface area contributed by atoms with Crippen LogP contribution in [0.3, 0.4) is 0 Å². The van der Waals surface area contributed by atoms with Gasteiger partial charge in [-0.15, -0.1) is 0 Å². The fourth-order valence-corrected chi connectivity index (χ4v) is 2.71. The number of nitrogens with zero attached hydrogens (tertiary/aromatic N) is 2. The first-order valence-electron chi connectivity index (χ1n) is 9.36. The van der Waals surface area contributed by atoms with E-state index in [0.29, 0.717) is 8.64 Å². The second kappa shape index (κ2) is 26.6. The average Bonchev–Trinajstić information content (AvgIpc) is 2.55. The molecule has 0 saturated carbocycles. The van der Waals surface area contributed by atoms with Crippen LogP contribution < -0.4 is 0 Å². The largest absolute Gasteiger partial charge is 4.00 e. The van der Waals surface area contributed by atoms with Gasteiger partial charge in [0, 0.05) is 26.2 Å². The minimum absolute atomic E-state index is 0. The van der Waals surface area contributed by atoms with Gasteiger partial charge >= 0.3 is 42.1 Å². The van der Waals surface area contributed by atoms with Gasteiger partial charge in [0.25, 0.3) is 0 Å². The fraction of sp³-hybridized carbons (Fsp3) is 0.889. The maximum absolute atomic E-state index is 4.98. The Morgan fingerprint density at radius 1 is 0.577 bits per heavy atom. The van der Waals surface area contributed by atoms with Crippen molar-refractivity contribution in [1.82, 2.24) is 9.80 Å². The molecule has 0 N–H and O–H groups in total. The summed E-state index contributed by atoms with van der Waals surface area (Å²) >= 11 is 19.9. The van der Waals surface area contributed by atoms with Crippen LogP contribution >= 0.6 is 24.4 Å². The van der Waals surface area contributed by atoms with Crippen LogP contribution in [0.2, 0.25) is 0 Å². The predicted molar refractivity (Wildman–Crippen MR) is 123 cm³/mol. The molecule has 148 valence electrons. The van der Waals surface area contributed by atoms with Gasteiger partial charge in [0.15, 0.2) is 0 Å². The summed E-state index contributed by atoms with van der Waals surface area (Å²) in [6.07, 6.45) is 9.62. The SMILES string of the molecule is CCCCN(CCCC)C(=S)[S-].CCCCN(CCCC)C(=S)[S-].[Mo+4].[Mo+4]. The van der Waals surface area contributed by atoms with Crippen LogP contribution in [0, 0.1) is 0 Å². The molecule has 0 rings (SSSR count). The maximum atomic E-state index is 4.98. The molecule has 0 amide bonds. The number of hydrogen-bond donors (Lipinski definition) is 0. The first kappa shape index (κ1) is 35.1. The molecule has 0 heterocycles. The molecule has 2 nitrogen and oxygen atoms in total. The summed E-state index contributed by atoms with van der Waals surface area (Å²) in [4.78, 5) is 4.27. The first-order valence-corrected chi connectivity index (χ1v) is 11.0. The molecule has 0 spiro atoms. The molecule has 0 aromatic carbocycles. The number of unbranched alkanes of at least 4 members (excludes halogenated alkanes) is 4. The predicted octanol–water partition coefficient (Wildman–Crippen LogP) is 5.44. The van der Waals surface area contributed by atoms with E-state index in [9.17, 15) is 0 Å². The Morgan fingerprint density at radius 3 is 0.885 bits per heavy atom. The van der Waals surface area contributed by atoms with Crippen molar-refractivity contribution in [3.05, 3.63) is 0 Å². The standard InChI is InChI=1S/2C9H19NS2.2Mo/c2*1-3-5-7-10(9(11)12)8-6-4-2;;/h2*3-8H2,1-2H3,(H,11,12);;/q;;2*+4/p-2. The molecule has 0 aliphatic carbocycles. The molecule has 0 atom stereocenters. The topological polar surface area (TPSA) is 6.48 Å². The van der Waals surface area contributed by atoms with E-state index < -0.39 is 0 Å². The van der Waals surface area contributed by atoms with Crippen molar-refractivity contribution >= 4 is 58.3 Å². The maximum Gasteiger partial charge on any atom is 4.00 e. The molecule has 0 aliphatic rings. The monoisotopic (exact) mass is 604 g/mol. The van der Waals surface area contributed by atoms with Gasteiger partial charge in [0.1, 0.15) is 0 Å². The third-order valence-electron chi connectivity index (χ3n) is 3.64. The van der Waals surface area contributed by atoms with Gasteiger partial charge in [0.2, 0.25) is 0 Å². The molecular formula is C18H36Mo2N2S4+6. The minimum atomic E-state index is 0. The van der Waals surface area contributed by atoms with Gasteiger partial charge in [-0.25, -0.2) is 0 Å². The van der Waals surface area contributed by atoms with Gasteiger partial charge in [0.05, 0.1) is 0 Å². The molecule has 0 unspecified atom stereocenters. The van der Waals surface area contributed by atoms with Gasteiger partial charge in [-0.2, -0.15) is 0 Å². The van der Waals surface area contributed by atoms with Crippen LogP contribution in [0.4, 0.5) is 0 Å². The average molecular weight is 601 g/mol. The number of hydrogen-bond acceptors (Lipinski definition) is 4. The molecule has 0 saturated heterocycles. The van der Waals surface area contributed by atoms with Gasteiger partial charge < -0.3 is 59.5 Å². The zero-order valence-electron chi connectivity index (χ0n) is 16.8. The molecule has 0 aromatic rings. The second-order valence-corrected chi connectivity index (χ2v) is 7.98. The van der Waals surface area contributed by atoms with E-state index >= 15 is 0 Å². The molecule has 8 heteroatoms. The number of rotatable bonds is 12. The first-order chi connectivity index (χ1) is 11.4. The van der Waals surface area contributed by atoms with E-state index in [1.54, 1.807) is 0 Å². The number of thiocarbonyl (C=S) groups is 2. The molecule has 0 aliphatic heterocycles. The van der Waals surface area contributed by atoms with E-state index in [1.165, 1.54) is 51.4 Å². The van der Waals surface area contributed by atoms with Crippen molar-refractivity contribution in [3.63, 3.8) is 0 Å². The second-order valence-electron chi connectivity index (χ2n) is 5.92. The van der Waals surface area contributed by atoms with E-state index in [4.69, 9.17) is 49.7 Å². The Hall–Kier alpha value is 1.60. The van der Waals surface area contributed by atoms with Crippen molar-refractivity contribution in [3.8, 4) is 0 Å². The van der Waals surface area contributed by atoms with Crippen LogP contribution in [-0.2, 0) is 67.4 Å². The van der Waals surface area contributed by atoms with Crippen LogP contribution in [0.25, 0.3) is 0 Å². The van der Waals surface area contributed by atoms with Crippen LogP contribution in [0.5, 0.6) is 0 Å². The molecule has 0 bridgehead atoms. The normalized spacial score (nSPS) is 9.08. The van der Waals surface area contributed by atoms with Crippen molar-refractivity contribution < 1.29 is 42.1 Å². The van der Waals surface area contributed by atoms with Crippen molar-refractivity contribution in [1.29, 1.82) is 0 Å². The van der Waals surface area contributed by atoms with Gasteiger partial charge in [-0.3, -0.25) is 0 Å². The van der Waals surface area contributed by atoms with E-state index in [1.807, 2.05) is 0 Å². The summed E-state index contributed by atoms with van der Waals surface area (Å²) in [5.74, 6) is 0. The van der Waals surface area contributed by atoms with E-state index in [0.717, 1.165) is 26.2 Å². The van der Waals surface area contributed by atoms with Crippen LogP contribution in [-0.4, -0.2) is 44.6 Å². The Kier molecular flexibility index (Phi) is 35.9. The smallest absolute Gasteiger partial charge is 0.411 e. The molecule has 0 radical (unpaired) electrons. The summed E-state index contributed by atoms with van der Waals surface area (Å²) in [5.41, 5.74) is 0. The summed E-state index contributed by atoms with van der Waals surface area (Å²) in [6, 6.07) is 0. The Morgan fingerprint density at radius 2 is 0.769 bits per heavy atom. The zero-order valence-corrected chi connectivity index (χ0v) is 24.1. The Balaban J connectivity index is -0.000000173. The Bertz CT molecular complexity index is 276. The minimum Gasteiger partial charge on any atom is -0.411 e. The van der Waals surface area contributed by atoms with E-state index in [2.05, 4.69) is 37.5 Å². The fourth-order valence-electron chi connectivity index (χ4n) is 1.98. The molecule has 0 fully saturated rings. The summed E-state index contributed by atoms with van der Waals surface area (Å²) in [7, 11) is 0. The quantitative estimate of drug-likeness (QED) is 0.166. The Labute approximate surface area is 213 Å². The van der Waals surface area contributed by atoms with Crippen molar-refractivity contribution in [2.24, 2.45) is 0 Å². The van der Waals surface area contributed by atoms with Crippen molar-refractivity contribution in [2.45, 2.75) is 79.1 Å². The van der Waals surface area contributed by atoms with Crippen molar-refractivity contribution in [2.75, 3.05) is 26.2 Å². The van der Waals surface area contributed by atoms with E-state index in [-0.39, 0.29) is 42.1 Å².